The quantitative estimate of drug-likeness (QED) is 0.704. The zero-order chi connectivity index (χ0) is 10.1. The highest BCUT2D eigenvalue weighted by Gasteiger charge is 2.18. The minimum absolute atomic E-state index is 0.213. The monoisotopic (exact) mass is 207 g/mol. The molecule has 0 aliphatic carbocycles. The van der Waals surface area contributed by atoms with Gasteiger partial charge in [0.1, 0.15) is 0 Å². The van der Waals surface area contributed by atoms with Crippen molar-refractivity contribution >= 4 is 16.4 Å². The molecule has 2 rings (SSSR count). The number of hydrogen-bond acceptors (Lipinski definition) is 1. The van der Waals surface area contributed by atoms with Gasteiger partial charge in [-0.3, -0.25) is 0 Å². The van der Waals surface area contributed by atoms with Crippen molar-refractivity contribution < 1.29 is 0 Å². The maximum absolute atomic E-state index is 5.65. The van der Waals surface area contributed by atoms with Crippen LogP contribution < -0.4 is 5.73 Å². The molecule has 0 fully saturated rings. The topological polar surface area (TPSA) is 26.0 Å². The third kappa shape index (κ3) is 1.64. The lowest BCUT2D eigenvalue weighted by atomic mass is 9.96. The highest BCUT2D eigenvalue weighted by molar-refractivity contribution is 8.14. The van der Waals surface area contributed by atoms with Crippen LogP contribution in [0.25, 0.3) is 0 Å². The first-order valence-electron chi connectivity index (χ1n) is 5.06. The summed E-state index contributed by atoms with van der Waals surface area (Å²) in [6.45, 7) is 2.94. The second-order valence-electron chi connectivity index (χ2n) is 3.96. The van der Waals surface area contributed by atoms with E-state index >= 15 is 0 Å². The van der Waals surface area contributed by atoms with E-state index in [1.54, 1.807) is 0 Å². The minimum Gasteiger partial charge on any atom is -0.326 e. The number of nitrogens with two attached hydrogens (primary N) is 1. The van der Waals surface area contributed by atoms with Crippen molar-refractivity contribution in [2.24, 2.45) is 5.73 Å². The Morgan fingerprint density at radius 2 is 2.36 bits per heavy atom. The molecule has 0 saturated carbocycles. The van der Waals surface area contributed by atoms with Crippen LogP contribution in [-0.2, 0) is 6.54 Å². The summed E-state index contributed by atoms with van der Waals surface area (Å²) in [7, 11) is 0.213. The van der Waals surface area contributed by atoms with Crippen LogP contribution in [-0.4, -0.2) is 11.6 Å². The van der Waals surface area contributed by atoms with E-state index in [1.807, 2.05) is 0 Å². The largest absolute Gasteiger partial charge is 0.326 e. The number of fused-ring (bicyclic) bond motifs is 1. The SMILES string of the molecule is C=S1CCC(C)c2cc(CN)ccc21. The lowest BCUT2D eigenvalue weighted by Crippen LogP contribution is -2.07. The van der Waals surface area contributed by atoms with Crippen molar-refractivity contribution in [1.82, 2.24) is 0 Å². The maximum atomic E-state index is 5.65. The van der Waals surface area contributed by atoms with E-state index in [0.717, 1.165) is 0 Å². The fraction of sp³-hybridized carbons (Fsp3) is 0.417. The molecule has 0 spiro atoms. The van der Waals surface area contributed by atoms with E-state index in [9.17, 15) is 0 Å². The summed E-state index contributed by atoms with van der Waals surface area (Å²) in [5, 5.41) is 0. The summed E-state index contributed by atoms with van der Waals surface area (Å²) in [5.41, 5.74) is 8.38. The molecule has 2 heteroatoms. The fourth-order valence-electron chi connectivity index (χ4n) is 1.96. The van der Waals surface area contributed by atoms with Crippen LogP contribution in [0.15, 0.2) is 23.1 Å². The lowest BCUT2D eigenvalue weighted by Gasteiger charge is -2.25. The molecule has 2 atom stereocenters. The van der Waals surface area contributed by atoms with Crippen LogP contribution in [0.5, 0.6) is 0 Å². The molecule has 1 aliphatic heterocycles. The van der Waals surface area contributed by atoms with Crippen LogP contribution in [0, 0.1) is 0 Å². The first kappa shape index (κ1) is 9.94. The van der Waals surface area contributed by atoms with Gasteiger partial charge >= 0.3 is 0 Å². The van der Waals surface area contributed by atoms with Gasteiger partial charge in [0, 0.05) is 11.4 Å². The predicted molar refractivity (Wildman–Crippen MR) is 65.2 cm³/mol. The molecule has 76 valence electrons. The molecule has 1 aliphatic rings. The summed E-state index contributed by atoms with van der Waals surface area (Å²) in [6, 6.07) is 6.63. The average Bonchev–Trinajstić information content (AvgIpc) is 2.23. The van der Waals surface area contributed by atoms with Gasteiger partial charge in [-0.2, -0.15) is 10.5 Å². The Hall–Kier alpha value is -0.600. The molecule has 14 heavy (non-hydrogen) atoms. The molecule has 1 aromatic carbocycles. The second kappa shape index (κ2) is 3.87. The smallest absolute Gasteiger partial charge is 0.0178 e. The van der Waals surface area contributed by atoms with Gasteiger partial charge in [0.2, 0.25) is 0 Å². The first-order valence-corrected chi connectivity index (χ1v) is 6.62. The normalized spacial score (nSPS) is 25.9. The zero-order valence-corrected chi connectivity index (χ0v) is 9.44. The van der Waals surface area contributed by atoms with Crippen LogP contribution in [0.1, 0.15) is 30.4 Å². The molecule has 1 nitrogen and oxygen atoms in total. The van der Waals surface area contributed by atoms with Gasteiger partial charge in [-0.05, 0) is 35.3 Å². The third-order valence-corrected chi connectivity index (χ3v) is 4.67. The Kier molecular flexibility index (Phi) is 2.75. The van der Waals surface area contributed by atoms with Gasteiger partial charge in [0.25, 0.3) is 0 Å². The van der Waals surface area contributed by atoms with Crippen LogP contribution in [0.4, 0.5) is 0 Å². The third-order valence-electron chi connectivity index (χ3n) is 2.95. The highest BCUT2D eigenvalue weighted by Crippen LogP contribution is 2.40. The second-order valence-corrected chi connectivity index (χ2v) is 5.80. The number of hydrogen-bond donors (Lipinski definition) is 1. The first-order chi connectivity index (χ1) is 6.72. The van der Waals surface area contributed by atoms with Gasteiger partial charge in [0.15, 0.2) is 0 Å². The van der Waals surface area contributed by atoms with Crippen molar-refractivity contribution in [3.8, 4) is 0 Å². The van der Waals surface area contributed by atoms with Crippen LogP contribution >= 0.6 is 10.5 Å². The van der Waals surface area contributed by atoms with Gasteiger partial charge in [0.05, 0.1) is 0 Å². The summed E-state index contributed by atoms with van der Waals surface area (Å²) in [4.78, 5) is 1.46. The van der Waals surface area contributed by atoms with Crippen molar-refractivity contribution in [1.29, 1.82) is 0 Å². The molecular weight excluding hydrogens is 190 g/mol. The molecule has 0 bridgehead atoms. The molecule has 1 aromatic rings. The van der Waals surface area contributed by atoms with Crippen molar-refractivity contribution in [2.45, 2.75) is 30.7 Å². The molecular formula is C12H17NS. The maximum Gasteiger partial charge on any atom is 0.0178 e. The number of benzene rings is 1. The van der Waals surface area contributed by atoms with Gasteiger partial charge < -0.3 is 5.73 Å². The van der Waals surface area contributed by atoms with Crippen molar-refractivity contribution in [2.75, 3.05) is 5.75 Å². The van der Waals surface area contributed by atoms with Crippen molar-refractivity contribution in [3.05, 3.63) is 29.3 Å². The highest BCUT2D eigenvalue weighted by atomic mass is 32.2. The van der Waals surface area contributed by atoms with Crippen LogP contribution in [0.3, 0.4) is 0 Å². The zero-order valence-electron chi connectivity index (χ0n) is 8.62. The molecule has 0 aromatic heterocycles. The predicted octanol–water partition coefficient (Wildman–Crippen LogP) is 2.71. The molecule has 2 unspecified atom stereocenters. The summed E-state index contributed by atoms with van der Waals surface area (Å²) in [5.74, 6) is 6.15. The lowest BCUT2D eigenvalue weighted by molar-refractivity contribution is 0.710. The fourth-order valence-corrected chi connectivity index (χ4v) is 3.67. The van der Waals surface area contributed by atoms with E-state index in [2.05, 4.69) is 31.0 Å². The molecule has 0 radical (unpaired) electrons. The molecule has 1 heterocycles. The van der Waals surface area contributed by atoms with E-state index < -0.39 is 0 Å². The Labute approximate surface area is 88.2 Å². The van der Waals surface area contributed by atoms with E-state index in [1.165, 1.54) is 28.2 Å². The van der Waals surface area contributed by atoms with E-state index in [4.69, 9.17) is 5.73 Å². The summed E-state index contributed by atoms with van der Waals surface area (Å²) < 4.78 is 0. The average molecular weight is 207 g/mol. The minimum atomic E-state index is 0.213. The molecule has 0 amide bonds. The summed E-state index contributed by atoms with van der Waals surface area (Å²) in [6.07, 6.45) is 1.27. The van der Waals surface area contributed by atoms with Crippen molar-refractivity contribution in [3.63, 3.8) is 0 Å². The Morgan fingerprint density at radius 3 is 3.07 bits per heavy atom. The summed E-state index contributed by atoms with van der Waals surface area (Å²) >= 11 is 0. The van der Waals surface area contributed by atoms with Gasteiger partial charge in [-0.15, -0.1) is 0 Å². The van der Waals surface area contributed by atoms with E-state index in [0.29, 0.717) is 12.5 Å². The van der Waals surface area contributed by atoms with Crippen LogP contribution in [0.2, 0.25) is 0 Å². The van der Waals surface area contributed by atoms with Gasteiger partial charge in [-0.25, -0.2) is 0 Å². The molecule has 0 saturated heterocycles. The Morgan fingerprint density at radius 1 is 1.57 bits per heavy atom. The molecule has 2 N–H and O–H groups in total. The van der Waals surface area contributed by atoms with Gasteiger partial charge in [-0.1, -0.05) is 24.9 Å². The number of rotatable bonds is 1. The standard InChI is InChI=1S/C12H17NS/c1-9-5-6-14(2)12-4-3-10(8-13)7-11(9)12/h3-4,7,9H,2,5-6,8,13H2,1H3. The Balaban J connectivity index is 2.50. The van der Waals surface area contributed by atoms with E-state index in [-0.39, 0.29) is 10.5 Å². The Bertz CT molecular complexity index is 371.